The van der Waals surface area contributed by atoms with Crippen molar-refractivity contribution >= 4 is 23.2 Å². The number of nitrogens with zero attached hydrogens (tertiary/aromatic N) is 1. The second-order valence-electron chi connectivity index (χ2n) is 14.6. The minimum atomic E-state index is -1.51. The lowest BCUT2D eigenvalue weighted by molar-refractivity contribution is -0.304. The van der Waals surface area contributed by atoms with Gasteiger partial charge in [0.1, 0.15) is 41.5 Å². The van der Waals surface area contributed by atoms with Crippen LogP contribution in [0.3, 0.4) is 0 Å². The number of phenolic OH excluding ortho intramolecular Hbond substituents is 1. The molecule has 13 heteroatoms. The first-order valence-corrected chi connectivity index (χ1v) is 19.4. The SMILES string of the molecule is CC(CCCCCCCCC(=O)CCCCCCCCC[C@@H](O)CO[C@H]1O[C@@H](CO)[C@@H](O)[C@H](O)[C@@H]1O)C(=O)C1=C(O)C(Cc2ccc(O)cc2)=NC1=O. The summed E-state index contributed by atoms with van der Waals surface area (Å²) in [5, 5.41) is 69.1. The van der Waals surface area contributed by atoms with E-state index in [0.717, 1.165) is 89.0 Å². The molecular formula is C40H61NO12. The average molecular weight is 748 g/mol. The van der Waals surface area contributed by atoms with Crippen LogP contribution < -0.4 is 0 Å². The van der Waals surface area contributed by atoms with Gasteiger partial charge in [-0.3, -0.25) is 14.4 Å². The molecule has 2 heterocycles. The van der Waals surface area contributed by atoms with Crippen molar-refractivity contribution in [3.05, 3.63) is 41.2 Å². The summed E-state index contributed by atoms with van der Waals surface area (Å²) in [6.07, 6.45) is 7.58. The van der Waals surface area contributed by atoms with Crippen molar-refractivity contribution in [1.29, 1.82) is 0 Å². The number of hydrogen-bond acceptors (Lipinski definition) is 12. The molecule has 53 heavy (non-hydrogen) atoms. The first-order valence-electron chi connectivity index (χ1n) is 19.4. The molecule has 0 saturated carbocycles. The third kappa shape index (κ3) is 15.0. The Kier molecular flexibility index (Phi) is 19.8. The first-order chi connectivity index (χ1) is 25.4. The molecule has 0 radical (unpaired) electrons. The normalized spacial score (nSPS) is 22.9. The molecule has 1 amide bonds. The number of carbonyl (C=O) groups excluding carboxylic acids is 3. The number of allylic oxidation sites excluding steroid dienone is 1. The van der Waals surface area contributed by atoms with Crippen molar-refractivity contribution in [1.82, 2.24) is 0 Å². The van der Waals surface area contributed by atoms with Crippen LogP contribution in [0, 0.1) is 5.92 Å². The van der Waals surface area contributed by atoms with Crippen molar-refractivity contribution in [3.63, 3.8) is 0 Å². The number of aromatic hydroxyl groups is 1. The smallest absolute Gasteiger partial charge is 0.284 e. The highest BCUT2D eigenvalue weighted by atomic mass is 16.7. The fraction of sp³-hybridized carbons (Fsp3) is 0.700. The number of aliphatic hydroxyl groups is 6. The summed E-state index contributed by atoms with van der Waals surface area (Å²) in [5.74, 6) is -1.41. The van der Waals surface area contributed by atoms with E-state index < -0.39 is 55.2 Å². The van der Waals surface area contributed by atoms with Gasteiger partial charge in [-0.05, 0) is 43.4 Å². The van der Waals surface area contributed by atoms with Gasteiger partial charge < -0.3 is 45.2 Å². The summed E-state index contributed by atoms with van der Waals surface area (Å²) in [5.41, 5.74) is 0.687. The van der Waals surface area contributed by atoms with Crippen LogP contribution in [-0.4, -0.2) is 109 Å². The number of aliphatic hydroxyl groups excluding tert-OH is 6. The summed E-state index contributed by atoms with van der Waals surface area (Å²) in [6, 6.07) is 6.36. The molecule has 298 valence electrons. The second kappa shape index (κ2) is 23.7. The van der Waals surface area contributed by atoms with Crippen LogP contribution in [0.4, 0.5) is 0 Å². The van der Waals surface area contributed by atoms with Crippen LogP contribution in [-0.2, 0) is 30.3 Å². The van der Waals surface area contributed by atoms with Gasteiger partial charge in [-0.25, -0.2) is 4.99 Å². The molecule has 1 aromatic carbocycles. The standard InChI is InChI=1S/C40H61NO12/c1-26(34(46)33-35(47)31(41-39(33)51)23-27-19-21-29(44)22-20-27)15-11-7-5-6-9-13-17-28(43)16-12-8-3-2-4-10-14-18-30(45)25-52-40-38(50)37(49)36(48)32(24-42)53-40/h19-22,26,30,32,36-38,40,42,44-45,47-50H,2-18,23-25H2,1H3/t26?,30-,32+,36-,37+,38+,40+/m1/s1. The lowest BCUT2D eigenvalue weighted by Crippen LogP contribution is -2.59. The molecule has 0 bridgehead atoms. The Morgan fingerprint density at radius 2 is 1.34 bits per heavy atom. The van der Waals surface area contributed by atoms with Crippen LogP contribution in [0.15, 0.2) is 40.6 Å². The molecule has 13 nitrogen and oxygen atoms in total. The molecule has 0 aromatic heterocycles. The lowest BCUT2D eigenvalue weighted by atomic mass is 9.92. The molecule has 1 aromatic rings. The van der Waals surface area contributed by atoms with Crippen LogP contribution in [0.1, 0.15) is 122 Å². The zero-order valence-electron chi connectivity index (χ0n) is 31.1. The number of unbranched alkanes of at least 4 members (excludes halogenated alkanes) is 11. The quantitative estimate of drug-likeness (QED) is 0.0494. The van der Waals surface area contributed by atoms with Gasteiger partial charge in [0.05, 0.1) is 25.0 Å². The van der Waals surface area contributed by atoms with E-state index in [0.29, 0.717) is 31.5 Å². The summed E-state index contributed by atoms with van der Waals surface area (Å²) in [7, 11) is 0. The molecule has 1 saturated heterocycles. The fourth-order valence-corrected chi connectivity index (χ4v) is 6.69. The van der Waals surface area contributed by atoms with Crippen LogP contribution >= 0.6 is 0 Å². The Labute approximate surface area is 312 Å². The Hall–Kier alpha value is -3.04. The maximum absolute atomic E-state index is 12.9. The first kappa shape index (κ1) is 44.4. The molecule has 0 spiro atoms. The van der Waals surface area contributed by atoms with E-state index in [1.807, 2.05) is 0 Å². The molecule has 2 aliphatic rings. The van der Waals surface area contributed by atoms with Gasteiger partial charge in [0, 0.05) is 25.2 Å². The van der Waals surface area contributed by atoms with E-state index in [-0.39, 0.29) is 41.6 Å². The maximum atomic E-state index is 12.9. The Bertz CT molecular complexity index is 1340. The Morgan fingerprint density at radius 1 is 0.792 bits per heavy atom. The average Bonchev–Trinajstić information content (AvgIpc) is 3.42. The third-order valence-corrected chi connectivity index (χ3v) is 10.1. The number of hydrogen-bond donors (Lipinski definition) is 7. The Balaban J connectivity index is 1.12. The molecule has 7 N–H and O–H groups in total. The number of amides is 1. The molecule has 3 rings (SSSR count). The number of ketones is 2. The number of benzene rings is 1. The highest BCUT2D eigenvalue weighted by molar-refractivity contribution is 6.31. The zero-order chi connectivity index (χ0) is 38.8. The van der Waals surface area contributed by atoms with Crippen molar-refractivity contribution in [3.8, 4) is 5.75 Å². The van der Waals surface area contributed by atoms with Gasteiger partial charge in [0.2, 0.25) is 0 Å². The molecule has 1 fully saturated rings. The second-order valence-corrected chi connectivity index (χ2v) is 14.6. The zero-order valence-corrected chi connectivity index (χ0v) is 31.1. The monoisotopic (exact) mass is 747 g/mol. The molecule has 7 atom stereocenters. The number of phenols is 1. The summed E-state index contributed by atoms with van der Waals surface area (Å²) >= 11 is 0. The molecule has 1 unspecified atom stereocenters. The van der Waals surface area contributed by atoms with Crippen molar-refractivity contribution in [2.45, 2.75) is 159 Å². The maximum Gasteiger partial charge on any atom is 0.284 e. The summed E-state index contributed by atoms with van der Waals surface area (Å²) in [4.78, 5) is 41.5. The van der Waals surface area contributed by atoms with Gasteiger partial charge in [-0.1, -0.05) is 89.7 Å². The number of Topliss-reactive ketones (excluding diaryl/α,β-unsaturated/α-hetero) is 2. The van der Waals surface area contributed by atoms with Gasteiger partial charge in [-0.15, -0.1) is 0 Å². The van der Waals surface area contributed by atoms with Crippen LogP contribution in [0.25, 0.3) is 0 Å². The third-order valence-electron chi connectivity index (χ3n) is 10.1. The van der Waals surface area contributed by atoms with E-state index >= 15 is 0 Å². The van der Waals surface area contributed by atoms with Gasteiger partial charge in [-0.2, -0.15) is 0 Å². The highest BCUT2D eigenvalue weighted by Gasteiger charge is 2.44. The molecule has 0 aliphatic carbocycles. The van der Waals surface area contributed by atoms with Gasteiger partial charge in [0.25, 0.3) is 5.91 Å². The number of ether oxygens (including phenoxy) is 2. The topological polar surface area (TPSA) is 224 Å². The highest BCUT2D eigenvalue weighted by Crippen LogP contribution is 2.25. The summed E-state index contributed by atoms with van der Waals surface area (Å²) < 4.78 is 10.7. The van der Waals surface area contributed by atoms with Crippen molar-refractivity contribution in [2.24, 2.45) is 10.9 Å². The van der Waals surface area contributed by atoms with Crippen LogP contribution in [0.2, 0.25) is 0 Å². The van der Waals surface area contributed by atoms with E-state index in [9.17, 15) is 50.1 Å². The predicted molar refractivity (Wildman–Crippen MR) is 197 cm³/mol. The number of carbonyl (C=O) groups is 3. The van der Waals surface area contributed by atoms with E-state index in [2.05, 4.69) is 4.99 Å². The fourth-order valence-electron chi connectivity index (χ4n) is 6.69. The molecule has 2 aliphatic heterocycles. The van der Waals surface area contributed by atoms with Gasteiger partial charge >= 0.3 is 0 Å². The molecular weight excluding hydrogens is 686 g/mol. The number of rotatable bonds is 27. The number of aliphatic imine (C=N–C) groups is 1. The van der Waals surface area contributed by atoms with Gasteiger partial charge in [0.15, 0.2) is 17.8 Å². The van der Waals surface area contributed by atoms with E-state index in [4.69, 9.17) is 9.47 Å². The lowest BCUT2D eigenvalue weighted by Gasteiger charge is -2.39. The van der Waals surface area contributed by atoms with E-state index in [1.54, 1.807) is 19.1 Å². The van der Waals surface area contributed by atoms with Crippen molar-refractivity contribution < 1.29 is 59.6 Å². The largest absolute Gasteiger partial charge is 0.508 e. The van der Waals surface area contributed by atoms with Crippen molar-refractivity contribution in [2.75, 3.05) is 13.2 Å². The van der Waals surface area contributed by atoms with Crippen LogP contribution in [0.5, 0.6) is 5.75 Å². The van der Waals surface area contributed by atoms with E-state index in [1.165, 1.54) is 12.1 Å². The predicted octanol–water partition coefficient (Wildman–Crippen LogP) is 4.31. The Morgan fingerprint density at radius 3 is 1.92 bits per heavy atom. The minimum Gasteiger partial charge on any atom is -0.508 e. The summed E-state index contributed by atoms with van der Waals surface area (Å²) in [6.45, 7) is 1.14. The minimum absolute atomic E-state index is 0.0973.